The van der Waals surface area contributed by atoms with Crippen molar-refractivity contribution in [1.29, 1.82) is 0 Å². The van der Waals surface area contributed by atoms with Crippen LogP contribution in [0.5, 0.6) is 0 Å². The minimum atomic E-state index is 1.05. The van der Waals surface area contributed by atoms with Gasteiger partial charge in [0.25, 0.3) is 0 Å². The molecule has 0 fully saturated rings. The Morgan fingerprint density at radius 3 is 1.47 bits per heavy atom. The molecule has 0 aliphatic heterocycles. The highest BCUT2D eigenvalue weighted by molar-refractivity contribution is 7.99. The quantitative estimate of drug-likeness (QED) is 0.652. The maximum absolute atomic E-state index is 2.22. The maximum Gasteiger partial charge on any atom is 0.0119 e. The zero-order chi connectivity index (χ0) is 13.2. The Balaban J connectivity index is 1.65. The highest BCUT2D eigenvalue weighted by atomic mass is 32.2. The van der Waals surface area contributed by atoms with Crippen molar-refractivity contribution in [3.05, 3.63) is 83.9 Å². The van der Waals surface area contributed by atoms with Crippen LogP contribution in [0.3, 0.4) is 0 Å². The number of benzene rings is 2. The molecule has 0 saturated carbocycles. The Bertz CT molecular complexity index is 462. The van der Waals surface area contributed by atoms with Crippen molar-refractivity contribution in [3.63, 3.8) is 0 Å². The molecule has 96 valence electrons. The first-order chi connectivity index (χ1) is 9.45. The molecular weight excluding hydrogens is 248 g/mol. The fraction of sp³-hybridized carbons (Fsp3) is 0.111. The normalized spacial score (nSPS) is 11.4. The lowest BCUT2D eigenvalue weighted by molar-refractivity contribution is 1.64. The summed E-state index contributed by atoms with van der Waals surface area (Å²) in [6, 6.07) is 20.8. The second-order valence-corrected chi connectivity index (χ2v) is 5.24. The van der Waals surface area contributed by atoms with Gasteiger partial charge in [0, 0.05) is 11.5 Å². The van der Waals surface area contributed by atoms with Crippen LogP contribution in [0.1, 0.15) is 11.1 Å². The summed E-state index contributed by atoms with van der Waals surface area (Å²) < 4.78 is 0. The van der Waals surface area contributed by atoms with Crippen molar-refractivity contribution in [3.8, 4) is 0 Å². The SMILES string of the molecule is C(=C/c1ccccc1)/CSC/C=C/c1ccccc1. The van der Waals surface area contributed by atoms with Gasteiger partial charge in [-0.05, 0) is 11.1 Å². The summed E-state index contributed by atoms with van der Waals surface area (Å²) in [4.78, 5) is 0. The highest BCUT2D eigenvalue weighted by Gasteiger charge is 1.85. The molecule has 0 saturated heterocycles. The van der Waals surface area contributed by atoms with Crippen LogP contribution in [0.25, 0.3) is 12.2 Å². The van der Waals surface area contributed by atoms with Gasteiger partial charge in [0.05, 0.1) is 0 Å². The minimum Gasteiger partial charge on any atom is -0.154 e. The van der Waals surface area contributed by atoms with E-state index in [-0.39, 0.29) is 0 Å². The van der Waals surface area contributed by atoms with E-state index in [4.69, 9.17) is 0 Å². The van der Waals surface area contributed by atoms with Gasteiger partial charge in [-0.25, -0.2) is 0 Å². The van der Waals surface area contributed by atoms with Crippen LogP contribution in [0.15, 0.2) is 72.8 Å². The highest BCUT2D eigenvalue weighted by Crippen LogP contribution is 2.07. The van der Waals surface area contributed by atoms with E-state index in [1.807, 2.05) is 23.9 Å². The summed E-state index contributed by atoms with van der Waals surface area (Å²) in [5.41, 5.74) is 2.53. The standard InChI is InChI=1S/C18H18S/c1-3-9-17(10-4-1)13-7-15-19-16-8-14-18-11-5-2-6-12-18/h1-14H,15-16H2/b13-7-,14-8+. The summed E-state index contributed by atoms with van der Waals surface area (Å²) >= 11 is 1.92. The number of hydrogen-bond donors (Lipinski definition) is 0. The summed E-state index contributed by atoms with van der Waals surface area (Å²) in [6.07, 6.45) is 8.79. The zero-order valence-electron chi connectivity index (χ0n) is 10.9. The molecule has 0 atom stereocenters. The average molecular weight is 266 g/mol. The van der Waals surface area contributed by atoms with Crippen molar-refractivity contribution in [2.45, 2.75) is 0 Å². The average Bonchev–Trinajstić information content (AvgIpc) is 2.48. The van der Waals surface area contributed by atoms with E-state index in [1.165, 1.54) is 11.1 Å². The van der Waals surface area contributed by atoms with Crippen molar-refractivity contribution < 1.29 is 0 Å². The van der Waals surface area contributed by atoms with E-state index in [0.717, 1.165) is 11.5 Å². The summed E-state index contributed by atoms with van der Waals surface area (Å²) in [5.74, 6) is 2.10. The van der Waals surface area contributed by atoms with Gasteiger partial charge in [-0.3, -0.25) is 0 Å². The number of hydrogen-bond acceptors (Lipinski definition) is 1. The molecule has 0 amide bonds. The first-order valence-corrected chi connectivity index (χ1v) is 7.61. The Morgan fingerprint density at radius 1 is 0.632 bits per heavy atom. The first kappa shape index (κ1) is 13.7. The monoisotopic (exact) mass is 266 g/mol. The molecule has 0 N–H and O–H groups in total. The van der Waals surface area contributed by atoms with Gasteiger partial charge in [0.2, 0.25) is 0 Å². The Hall–Kier alpha value is -1.73. The topological polar surface area (TPSA) is 0 Å². The molecule has 0 spiro atoms. The minimum absolute atomic E-state index is 1.05. The van der Waals surface area contributed by atoms with Crippen LogP contribution < -0.4 is 0 Å². The van der Waals surface area contributed by atoms with E-state index in [0.29, 0.717) is 0 Å². The van der Waals surface area contributed by atoms with Crippen LogP contribution >= 0.6 is 11.8 Å². The van der Waals surface area contributed by atoms with Gasteiger partial charge >= 0.3 is 0 Å². The van der Waals surface area contributed by atoms with Crippen LogP contribution in [0.2, 0.25) is 0 Å². The van der Waals surface area contributed by atoms with Crippen LogP contribution in [0.4, 0.5) is 0 Å². The van der Waals surface area contributed by atoms with Crippen molar-refractivity contribution in [2.24, 2.45) is 0 Å². The van der Waals surface area contributed by atoms with E-state index in [1.54, 1.807) is 0 Å². The van der Waals surface area contributed by atoms with Crippen molar-refractivity contribution in [1.82, 2.24) is 0 Å². The van der Waals surface area contributed by atoms with E-state index in [9.17, 15) is 0 Å². The van der Waals surface area contributed by atoms with Gasteiger partial charge in [-0.15, -0.1) is 0 Å². The van der Waals surface area contributed by atoms with Gasteiger partial charge < -0.3 is 0 Å². The summed E-state index contributed by atoms with van der Waals surface area (Å²) in [5, 5.41) is 0. The first-order valence-electron chi connectivity index (χ1n) is 6.46. The smallest absolute Gasteiger partial charge is 0.0119 e. The fourth-order valence-corrected chi connectivity index (χ4v) is 2.30. The molecular formula is C18H18S. The lowest BCUT2D eigenvalue weighted by Crippen LogP contribution is -1.76. The molecule has 19 heavy (non-hydrogen) atoms. The molecule has 0 unspecified atom stereocenters. The molecule has 0 heterocycles. The van der Waals surface area contributed by atoms with Gasteiger partial charge in [0.15, 0.2) is 0 Å². The van der Waals surface area contributed by atoms with Crippen LogP contribution in [-0.4, -0.2) is 11.5 Å². The molecule has 0 aromatic heterocycles. The largest absolute Gasteiger partial charge is 0.154 e. The van der Waals surface area contributed by atoms with Gasteiger partial charge in [-0.2, -0.15) is 11.8 Å². The lowest BCUT2D eigenvalue weighted by atomic mass is 10.2. The second-order valence-electron chi connectivity index (χ2n) is 4.16. The van der Waals surface area contributed by atoms with Gasteiger partial charge in [-0.1, -0.05) is 85.0 Å². The summed E-state index contributed by atoms with van der Waals surface area (Å²) in [7, 11) is 0. The number of thioether (sulfide) groups is 1. The molecule has 1 heteroatoms. The number of rotatable bonds is 6. The molecule has 0 aliphatic rings. The Morgan fingerprint density at radius 2 is 1.05 bits per heavy atom. The molecule has 0 bridgehead atoms. The van der Waals surface area contributed by atoms with Crippen molar-refractivity contribution >= 4 is 23.9 Å². The molecule has 0 aliphatic carbocycles. The third-order valence-electron chi connectivity index (χ3n) is 2.65. The van der Waals surface area contributed by atoms with Gasteiger partial charge in [0.1, 0.15) is 0 Å². The third-order valence-corrected chi connectivity index (χ3v) is 3.50. The van der Waals surface area contributed by atoms with E-state index < -0.39 is 0 Å². The second kappa shape index (κ2) is 8.39. The Labute approximate surface area is 119 Å². The lowest BCUT2D eigenvalue weighted by Gasteiger charge is -1.94. The summed E-state index contributed by atoms with van der Waals surface area (Å²) in [6.45, 7) is 0. The molecule has 0 nitrogen and oxygen atoms in total. The fourth-order valence-electron chi connectivity index (χ4n) is 1.70. The van der Waals surface area contributed by atoms with Crippen LogP contribution in [-0.2, 0) is 0 Å². The molecule has 2 aromatic carbocycles. The van der Waals surface area contributed by atoms with Crippen LogP contribution in [0, 0.1) is 0 Å². The third kappa shape index (κ3) is 5.62. The molecule has 2 aromatic rings. The molecule has 0 radical (unpaired) electrons. The maximum atomic E-state index is 2.22. The molecule has 2 rings (SSSR count). The van der Waals surface area contributed by atoms with E-state index in [2.05, 4.69) is 72.8 Å². The van der Waals surface area contributed by atoms with E-state index >= 15 is 0 Å². The zero-order valence-corrected chi connectivity index (χ0v) is 11.7. The predicted molar refractivity (Wildman–Crippen MR) is 88.3 cm³/mol. The Kier molecular flexibility index (Phi) is 6.04. The van der Waals surface area contributed by atoms with Crippen molar-refractivity contribution in [2.75, 3.05) is 11.5 Å². The predicted octanol–water partition coefficient (Wildman–Crippen LogP) is 5.15.